The third kappa shape index (κ3) is 14.5. The van der Waals surface area contributed by atoms with E-state index in [1.807, 2.05) is 0 Å². The first-order valence-electron chi connectivity index (χ1n) is 20.7. The number of carbonyl (C=O) groups excluding carboxylic acids is 6. The van der Waals surface area contributed by atoms with Crippen LogP contribution in [0.2, 0.25) is 0 Å². The van der Waals surface area contributed by atoms with Gasteiger partial charge in [-0.1, -0.05) is 97.1 Å². The number of piperidine rings is 1. The summed E-state index contributed by atoms with van der Waals surface area (Å²) in [7, 11) is 0. The monoisotopic (exact) mass is 893 g/mol. The molecular formula is C48H50ClF2N7O6. The molecule has 5 rings (SSSR count). The highest BCUT2D eigenvalue weighted by Crippen LogP contribution is 2.25. The molecule has 1 aliphatic heterocycles. The fourth-order valence-electron chi connectivity index (χ4n) is 7.02. The van der Waals surface area contributed by atoms with Gasteiger partial charge in [-0.25, -0.2) is 8.78 Å². The van der Waals surface area contributed by atoms with Crippen LogP contribution in [0.25, 0.3) is 12.2 Å². The molecule has 13 nitrogen and oxygen atoms in total. The summed E-state index contributed by atoms with van der Waals surface area (Å²) < 4.78 is 29.4. The quantitative estimate of drug-likeness (QED) is 0.0242. The van der Waals surface area contributed by atoms with E-state index in [0.717, 1.165) is 0 Å². The maximum Gasteiger partial charge on any atom is 0.243 e. The van der Waals surface area contributed by atoms with Crippen molar-refractivity contribution < 1.29 is 37.5 Å². The van der Waals surface area contributed by atoms with E-state index in [0.29, 0.717) is 17.5 Å². The summed E-state index contributed by atoms with van der Waals surface area (Å²) in [5.41, 5.74) is 7.19. The van der Waals surface area contributed by atoms with Crippen molar-refractivity contribution in [2.75, 3.05) is 25.5 Å². The van der Waals surface area contributed by atoms with Gasteiger partial charge in [-0.15, -0.1) is 11.6 Å². The van der Waals surface area contributed by atoms with Gasteiger partial charge in [0.1, 0.15) is 23.7 Å². The van der Waals surface area contributed by atoms with Crippen molar-refractivity contribution in [3.8, 4) is 0 Å². The van der Waals surface area contributed by atoms with Gasteiger partial charge in [0.25, 0.3) is 0 Å². The molecule has 4 aromatic rings. The van der Waals surface area contributed by atoms with Crippen LogP contribution in [0.1, 0.15) is 47.9 Å². The molecule has 0 aliphatic carbocycles. The molecule has 334 valence electrons. The van der Waals surface area contributed by atoms with Crippen molar-refractivity contribution in [1.82, 2.24) is 26.2 Å². The predicted octanol–water partition coefficient (Wildman–Crippen LogP) is 4.63. The number of benzene rings is 4. The van der Waals surface area contributed by atoms with E-state index in [4.69, 9.17) is 22.7 Å². The van der Waals surface area contributed by atoms with Gasteiger partial charge in [-0.3, -0.25) is 34.2 Å². The minimum absolute atomic E-state index is 0.0190. The zero-order valence-electron chi connectivity index (χ0n) is 35.0. The number of halogens is 3. The molecule has 0 saturated carbocycles. The highest BCUT2D eigenvalue weighted by Gasteiger charge is 2.32. The van der Waals surface area contributed by atoms with Crippen LogP contribution >= 0.6 is 11.6 Å². The fourth-order valence-corrected chi connectivity index (χ4v) is 7.21. The number of amides is 4. The second kappa shape index (κ2) is 24.0. The lowest BCUT2D eigenvalue weighted by Crippen LogP contribution is -2.57. The van der Waals surface area contributed by atoms with E-state index in [2.05, 4.69) is 21.3 Å². The lowest BCUT2D eigenvalue weighted by Gasteiger charge is -2.30. The second-order valence-corrected chi connectivity index (χ2v) is 15.4. The molecule has 0 unspecified atom stereocenters. The average molecular weight is 894 g/mol. The Morgan fingerprint density at radius 3 is 1.64 bits per heavy atom. The summed E-state index contributed by atoms with van der Waals surface area (Å²) in [5.74, 6) is -5.25. The van der Waals surface area contributed by atoms with Crippen molar-refractivity contribution in [3.05, 3.63) is 154 Å². The normalized spacial score (nSPS) is 15.2. The maximum atomic E-state index is 14.7. The molecule has 64 heavy (non-hydrogen) atoms. The molecule has 0 radical (unpaired) electrons. The molecule has 7 N–H and O–H groups in total. The number of ketones is 2. The van der Waals surface area contributed by atoms with Crippen molar-refractivity contribution in [3.63, 3.8) is 0 Å². The van der Waals surface area contributed by atoms with E-state index in [1.165, 1.54) is 53.5 Å². The predicted molar refractivity (Wildman–Crippen MR) is 241 cm³/mol. The van der Waals surface area contributed by atoms with Crippen LogP contribution in [-0.4, -0.2) is 89.7 Å². The fraction of sp³-hybridized carbons (Fsp3) is 0.271. The number of Topliss-reactive ketones (excluding diaryl/α,β-unsaturated/α-hetero) is 2. The summed E-state index contributed by atoms with van der Waals surface area (Å²) in [6.45, 7) is -0.121. The van der Waals surface area contributed by atoms with Gasteiger partial charge in [0.2, 0.25) is 23.6 Å². The van der Waals surface area contributed by atoms with Crippen molar-refractivity contribution in [2.24, 2.45) is 5.73 Å². The molecule has 0 bridgehead atoms. The molecule has 4 aromatic carbocycles. The van der Waals surface area contributed by atoms with E-state index in [1.54, 1.807) is 72.8 Å². The zero-order chi connectivity index (χ0) is 46.0. The smallest absolute Gasteiger partial charge is 0.243 e. The van der Waals surface area contributed by atoms with Crippen LogP contribution in [0.3, 0.4) is 0 Å². The first-order valence-corrected chi connectivity index (χ1v) is 21.2. The van der Waals surface area contributed by atoms with Crippen LogP contribution < -0.4 is 27.0 Å². The number of guanidine groups is 1. The summed E-state index contributed by atoms with van der Waals surface area (Å²) >= 11 is 5.88. The average Bonchev–Trinajstić information content (AvgIpc) is 3.29. The summed E-state index contributed by atoms with van der Waals surface area (Å²) in [6, 6.07) is 26.0. The Balaban J connectivity index is 1.32. The lowest BCUT2D eigenvalue weighted by molar-refractivity contribution is -0.135. The molecule has 0 aromatic heterocycles. The summed E-state index contributed by atoms with van der Waals surface area (Å²) in [5, 5.41) is 18.2. The zero-order valence-corrected chi connectivity index (χ0v) is 35.7. The molecule has 1 fully saturated rings. The van der Waals surface area contributed by atoms with Crippen molar-refractivity contribution in [1.29, 1.82) is 5.41 Å². The van der Waals surface area contributed by atoms with Gasteiger partial charge in [0, 0.05) is 67.6 Å². The number of rotatable bonds is 20. The number of nitrogens with one attached hydrogen (secondary N) is 5. The first kappa shape index (κ1) is 48.0. The van der Waals surface area contributed by atoms with Crippen LogP contribution in [0.4, 0.5) is 8.78 Å². The Morgan fingerprint density at radius 1 is 0.688 bits per heavy atom. The van der Waals surface area contributed by atoms with Gasteiger partial charge in [-0.2, -0.15) is 0 Å². The van der Waals surface area contributed by atoms with Crippen molar-refractivity contribution >= 4 is 64.9 Å². The Kier molecular flexibility index (Phi) is 18.0. The Hall–Kier alpha value is -7.00. The summed E-state index contributed by atoms with van der Waals surface area (Å²) in [6.07, 6.45) is 2.59. The standard InChI is InChI=1S/C48H50ClF2N7O6/c49-28-42(59)39(20-11-23-54-48(52)53)56-47(64)41(25-32-14-5-2-6-15-32)57-46(63)40(24-31-12-3-1-4-13-31)55-43(60)21-22-44(61)58-29-35(26-33-16-7-9-18-37(33)50)45(62)36(30-58)27-34-17-8-10-19-38(34)51/h1-10,12-19,26-27,39-41H,11,20-25,28-30H2,(H,55,60)(H,56,64)(H,57,63)(H4,52,53,54)/b35-26+,36-27+/t39-,40+,41-/m0/s1. The summed E-state index contributed by atoms with van der Waals surface area (Å²) in [4.78, 5) is 83.2. The minimum Gasteiger partial charge on any atom is -0.370 e. The van der Waals surface area contributed by atoms with Gasteiger partial charge in [-0.05, 0) is 48.3 Å². The topological polar surface area (TPSA) is 204 Å². The van der Waals surface area contributed by atoms with Gasteiger partial charge in [0.15, 0.2) is 17.5 Å². The Morgan fingerprint density at radius 2 is 1.16 bits per heavy atom. The molecule has 0 spiro atoms. The SMILES string of the molecule is N=C(N)NCCC[C@H](NC(=O)[C@H](Cc1ccccc1)NC(=O)[C@@H](Cc1ccccc1)NC(=O)CCC(=O)N1C/C(=C\c2ccccc2F)C(=O)/C(=C/c2ccccc2F)C1)C(=O)CCl. The Bertz CT molecular complexity index is 2310. The molecule has 1 aliphatic rings. The molecular weight excluding hydrogens is 844 g/mol. The lowest BCUT2D eigenvalue weighted by atomic mass is 9.93. The number of carbonyl (C=O) groups is 6. The number of alkyl halides is 1. The molecule has 4 amide bonds. The number of nitrogens with two attached hydrogens (primary N) is 1. The minimum atomic E-state index is -1.22. The third-order valence-corrected chi connectivity index (χ3v) is 10.6. The van der Waals surface area contributed by atoms with E-state index in [-0.39, 0.29) is 85.9 Å². The van der Waals surface area contributed by atoms with E-state index < -0.39 is 65.0 Å². The second-order valence-electron chi connectivity index (χ2n) is 15.2. The van der Waals surface area contributed by atoms with Gasteiger partial charge >= 0.3 is 0 Å². The number of likely N-dealkylation sites (tertiary alicyclic amines) is 1. The first-order chi connectivity index (χ1) is 30.8. The maximum absolute atomic E-state index is 14.7. The van der Waals surface area contributed by atoms with E-state index in [9.17, 15) is 37.5 Å². The number of hydrogen-bond acceptors (Lipinski definition) is 7. The van der Waals surface area contributed by atoms with Crippen molar-refractivity contribution in [2.45, 2.75) is 56.7 Å². The highest BCUT2D eigenvalue weighted by molar-refractivity contribution is 6.28. The molecule has 16 heteroatoms. The van der Waals surface area contributed by atoms with Crippen LogP contribution in [0.5, 0.6) is 0 Å². The molecule has 1 heterocycles. The Labute approximate surface area is 375 Å². The van der Waals surface area contributed by atoms with Crippen LogP contribution in [0, 0.1) is 17.0 Å². The van der Waals surface area contributed by atoms with Crippen LogP contribution in [0.15, 0.2) is 120 Å². The molecule has 3 atom stereocenters. The number of hydrogen-bond donors (Lipinski definition) is 6. The third-order valence-electron chi connectivity index (χ3n) is 10.4. The van der Waals surface area contributed by atoms with Crippen LogP contribution in [-0.2, 0) is 41.6 Å². The number of nitrogens with zero attached hydrogens (tertiary/aromatic N) is 1. The van der Waals surface area contributed by atoms with Gasteiger partial charge < -0.3 is 31.9 Å². The molecule has 1 saturated heterocycles. The van der Waals surface area contributed by atoms with E-state index >= 15 is 0 Å². The van der Waals surface area contributed by atoms with Gasteiger partial charge in [0.05, 0.1) is 11.9 Å². The largest absolute Gasteiger partial charge is 0.370 e. The highest BCUT2D eigenvalue weighted by atomic mass is 35.5.